The van der Waals surface area contributed by atoms with Gasteiger partial charge < -0.3 is 15.1 Å². The second-order valence-corrected chi connectivity index (χ2v) is 7.21. The number of likely N-dealkylation sites (tertiary alicyclic amines) is 2. The van der Waals surface area contributed by atoms with Crippen molar-refractivity contribution in [2.24, 2.45) is 5.92 Å². The van der Waals surface area contributed by atoms with E-state index >= 15 is 0 Å². The van der Waals surface area contributed by atoms with Crippen molar-refractivity contribution in [3.8, 4) is 0 Å². The fraction of sp³-hybridized carbons (Fsp3) is 0.529. The molecule has 0 atom stereocenters. The standard InChI is InChI=1S/C17H21BrFN3O2/c18-14-11-13(19)3-4-15(14)20-16(23)12-5-9-22(10-6-12)17(24)21-7-1-2-8-21/h3-4,11-12H,1-2,5-10H2,(H,20,23). The third-order valence-corrected chi connectivity index (χ3v) is 5.36. The Morgan fingerprint density at radius 3 is 2.33 bits per heavy atom. The minimum absolute atomic E-state index is 0.0735. The summed E-state index contributed by atoms with van der Waals surface area (Å²) in [5.74, 6) is -0.547. The van der Waals surface area contributed by atoms with Gasteiger partial charge in [-0.1, -0.05) is 0 Å². The Hall–Kier alpha value is -1.63. The highest BCUT2D eigenvalue weighted by Crippen LogP contribution is 2.26. The van der Waals surface area contributed by atoms with E-state index in [0.29, 0.717) is 36.1 Å². The SMILES string of the molecule is O=C(Nc1ccc(F)cc1Br)C1CCN(C(=O)N2CCCC2)CC1. The number of carbonyl (C=O) groups excluding carboxylic acids is 2. The molecule has 0 aromatic heterocycles. The summed E-state index contributed by atoms with van der Waals surface area (Å²) in [5.41, 5.74) is 0.567. The topological polar surface area (TPSA) is 52.7 Å². The summed E-state index contributed by atoms with van der Waals surface area (Å²) in [4.78, 5) is 28.5. The molecular weight excluding hydrogens is 377 g/mol. The molecule has 2 aliphatic rings. The van der Waals surface area contributed by atoms with Crippen molar-refractivity contribution < 1.29 is 14.0 Å². The van der Waals surface area contributed by atoms with Crippen LogP contribution in [0.1, 0.15) is 25.7 Å². The zero-order valence-electron chi connectivity index (χ0n) is 13.4. The van der Waals surface area contributed by atoms with Gasteiger partial charge in [-0.15, -0.1) is 0 Å². The van der Waals surface area contributed by atoms with E-state index in [-0.39, 0.29) is 23.7 Å². The minimum Gasteiger partial charge on any atom is -0.325 e. The molecule has 2 heterocycles. The molecule has 3 amide bonds. The molecule has 5 nitrogen and oxygen atoms in total. The predicted octanol–water partition coefficient (Wildman–Crippen LogP) is 3.45. The van der Waals surface area contributed by atoms with Gasteiger partial charge in [0.25, 0.3) is 0 Å². The molecule has 3 rings (SSSR count). The van der Waals surface area contributed by atoms with Crippen LogP contribution in [0.5, 0.6) is 0 Å². The molecule has 2 fully saturated rings. The molecule has 7 heteroatoms. The fourth-order valence-corrected chi connectivity index (χ4v) is 3.72. The first-order valence-corrected chi connectivity index (χ1v) is 9.13. The highest BCUT2D eigenvalue weighted by molar-refractivity contribution is 9.10. The van der Waals surface area contributed by atoms with Crippen molar-refractivity contribution in [2.45, 2.75) is 25.7 Å². The number of benzene rings is 1. The van der Waals surface area contributed by atoms with E-state index in [2.05, 4.69) is 21.2 Å². The summed E-state index contributed by atoms with van der Waals surface area (Å²) in [5, 5.41) is 2.84. The number of hydrogen-bond donors (Lipinski definition) is 1. The lowest BCUT2D eigenvalue weighted by Gasteiger charge is -2.34. The smallest absolute Gasteiger partial charge is 0.319 e. The van der Waals surface area contributed by atoms with E-state index in [1.807, 2.05) is 9.80 Å². The van der Waals surface area contributed by atoms with Crippen LogP contribution in [0.25, 0.3) is 0 Å². The Morgan fingerprint density at radius 2 is 1.71 bits per heavy atom. The molecule has 0 spiro atoms. The van der Waals surface area contributed by atoms with Crippen LogP contribution >= 0.6 is 15.9 Å². The van der Waals surface area contributed by atoms with Gasteiger partial charge in [-0.2, -0.15) is 0 Å². The maximum atomic E-state index is 13.1. The van der Waals surface area contributed by atoms with Crippen molar-refractivity contribution in [1.29, 1.82) is 0 Å². The van der Waals surface area contributed by atoms with E-state index < -0.39 is 0 Å². The first-order chi connectivity index (χ1) is 11.5. The second kappa shape index (κ2) is 7.51. The quantitative estimate of drug-likeness (QED) is 0.830. The number of anilines is 1. The van der Waals surface area contributed by atoms with Crippen molar-refractivity contribution in [2.75, 3.05) is 31.5 Å². The lowest BCUT2D eigenvalue weighted by Crippen LogP contribution is -2.47. The zero-order chi connectivity index (χ0) is 17.1. The molecule has 130 valence electrons. The molecule has 1 aromatic rings. The van der Waals surface area contributed by atoms with Crippen molar-refractivity contribution >= 4 is 33.6 Å². The zero-order valence-corrected chi connectivity index (χ0v) is 15.0. The normalized spacial score (nSPS) is 18.8. The highest BCUT2D eigenvalue weighted by Gasteiger charge is 2.30. The van der Waals surface area contributed by atoms with Crippen LogP contribution in [0.4, 0.5) is 14.9 Å². The number of halogens is 2. The molecule has 24 heavy (non-hydrogen) atoms. The van der Waals surface area contributed by atoms with Crippen LogP contribution in [0.3, 0.4) is 0 Å². The van der Waals surface area contributed by atoms with Crippen LogP contribution in [0.15, 0.2) is 22.7 Å². The molecule has 0 bridgehead atoms. The minimum atomic E-state index is -0.353. The van der Waals surface area contributed by atoms with Gasteiger partial charge in [0.2, 0.25) is 5.91 Å². The maximum absolute atomic E-state index is 13.1. The molecule has 2 saturated heterocycles. The molecule has 0 saturated carbocycles. The number of nitrogens with one attached hydrogen (secondary N) is 1. The van der Waals surface area contributed by atoms with E-state index in [0.717, 1.165) is 25.9 Å². The number of nitrogens with zero attached hydrogens (tertiary/aromatic N) is 2. The summed E-state index contributed by atoms with van der Waals surface area (Å²) >= 11 is 3.25. The Labute approximate surface area is 149 Å². The van der Waals surface area contributed by atoms with E-state index in [1.165, 1.54) is 12.1 Å². The summed E-state index contributed by atoms with van der Waals surface area (Å²) in [6.07, 6.45) is 3.47. The van der Waals surface area contributed by atoms with Gasteiger partial charge in [0, 0.05) is 36.6 Å². The third-order valence-electron chi connectivity index (χ3n) is 4.70. The highest BCUT2D eigenvalue weighted by atomic mass is 79.9. The van der Waals surface area contributed by atoms with Crippen LogP contribution in [0, 0.1) is 11.7 Å². The van der Waals surface area contributed by atoms with Crippen molar-refractivity contribution in [1.82, 2.24) is 9.80 Å². The van der Waals surface area contributed by atoms with Crippen molar-refractivity contribution in [3.05, 3.63) is 28.5 Å². The Bertz CT molecular complexity index is 626. The van der Waals surface area contributed by atoms with E-state index in [1.54, 1.807) is 6.07 Å². The van der Waals surface area contributed by atoms with Crippen LogP contribution in [0.2, 0.25) is 0 Å². The molecule has 1 N–H and O–H groups in total. The van der Waals surface area contributed by atoms with E-state index in [4.69, 9.17) is 0 Å². The second-order valence-electron chi connectivity index (χ2n) is 6.35. The number of carbonyl (C=O) groups is 2. The molecular formula is C17H21BrFN3O2. The largest absolute Gasteiger partial charge is 0.325 e. The first-order valence-electron chi connectivity index (χ1n) is 8.34. The number of amides is 3. The average molecular weight is 398 g/mol. The number of hydrogen-bond acceptors (Lipinski definition) is 2. The van der Waals surface area contributed by atoms with Crippen LogP contribution < -0.4 is 5.32 Å². The number of urea groups is 1. The molecule has 0 unspecified atom stereocenters. The summed E-state index contributed by atoms with van der Waals surface area (Å²) in [6, 6.07) is 4.29. The average Bonchev–Trinajstić information content (AvgIpc) is 3.11. The van der Waals surface area contributed by atoms with Gasteiger partial charge in [0.1, 0.15) is 5.82 Å². The lowest BCUT2D eigenvalue weighted by molar-refractivity contribution is -0.121. The monoisotopic (exact) mass is 397 g/mol. The summed E-state index contributed by atoms with van der Waals surface area (Å²) in [6.45, 7) is 2.91. The van der Waals surface area contributed by atoms with Crippen LogP contribution in [-0.4, -0.2) is 47.9 Å². The first kappa shape index (κ1) is 17.2. The maximum Gasteiger partial charge on any atom is 0.319 e. The molecule has 1 aromatic carbocycles. The van der Waals surface area contributed by atoms with E-state index in [9.17, 15) is 14.0 Å². The molecule has 0 aliphatic carbocycles. The van der Waals surface area contributed by atoms with Gasteiger partial charge in [0.05, 0.1) is 5.69 Å². The Kier molecular flexibility index (Phi) is 5.38. The number of rotatable bonds is 2. The van der Waals surface area contributed by atoms with Gasteiger partial charge >= 0.3 is 6.03 Å². The summed E-state index contributed by atoms with van der Waals surface area (Å²) < 4.78 is 13.6. The Balaban J connectivity index is 1.52. The lowest BCUT2D eigenvalue weighted by atomic mass is 9.96. The number of piperidine rings is 1. The fourth-order valence-electron chi connectivity index (χ4n) is 3.27. The third kappa shape index (κ3) is 3.88. The van der Waals surface area contributed by atoms with Gasteiger partial charge in [0.15, 0.2) is 0 Å². The van der Waals surface area contributed by atoms with Crippen molar-refractivity contribution in [3.63, 3.8) is 0 Å². The van der Waals surface area contributed by atoms with Gasteiger partial charge in [-0.05, 0) is 59.8 Å². The predicted molar refractivity (Wildman–Crippen MR) is 93.2 cm³/mol. The van der Waals surface area contributed by atoms with Gasteiger partial charge in [-0.3, -0.25) is 4.79 Å². The molecule has 0 radical (unpaired) electrons. The Morgan fingerprint density at radius 1 is 1.08 bits per heavy atom. The van der Waals surface area contributed by atoms with Gasteiger partial charge in [-0.25, -0.2) is 9.18 Å². The summed E-state index contributed by atoms with van der Waals surface area (Å²) in [7, 11) is 0. The molecule has 2 aliphatic heterocycles. The van der Waals surface area contributed by atoms with Crippen LogP contribution in [-0.2, 0) is 4.79 Å².